The van der Waals surface area contributed by atoms with Crippen molar-refractivity contribution in [2.75, 3.05) is 52.9 Å². The maximum atomic E-state index is 13.4. The first-order chi connectivity index (χ1) is 16.7. The summed E-state index contributed by atoms with van der Waals surface area (Å²) in [5, 5.41) is 1.39. The monoisotopic (exact) mass is 537 g/mol. The summed E-state index contributed by atoms with van der Waals surface area (Å²) in [6, 6.07) is 12.1. The minimum Gasteiger partial charge on any atom is -0.493 e. The highest BCUT2D eigenvalue weighted by molar-refractivity contribution is 6.42. The average Bonchev–Trinajstić information content (AvgIpc) is 2.85. The van der Waals surface area contributed by atoms with Gasteiger partial charge in [0.05, 0.1) is 16.7 Å². The maximum absolute atomic E-state index is 13.4. The summed E-state index contributed by atoms with van der Waals surface area (Å²) in [6.07, 6.45) is 1.91. The first-order valence-corrected chi connectivity index (χ1v) is 13.0. The second-order valence-electron chi connectivity index (χ2n) is 9.56. The van der Waals surface area contributed by atoms with Crippen LogP contribution in [-0.4, -0.2) is 79.4 Å². The molecule has 0 aromatic heterocycles. The van der Waals surface area contributed by atoms with Crippen LogP contribution in [0.4, 0.5) is 0 Å². The van der Waals surface area contributed by atoms with E-state index < -0.39 is 5.41 Å². The fourth-order valence-electron chi connectivity index (χ4n) is 4.76. The molecule has 188 valence electrons. The third-order valence-corrected chi connectivity index (χ3v) is 7.85. The Bertz CT molecular complexity index is 1060. The molecule has 2 aromatic carbocycles. The van der Waals surface area contributed by atoms with Crippen LogP contribution < -0.4 is 4.74 Å². The number of likely N-dealkylation sites (tertiary alicyclic amines) is 1. The van der Waals surface area contributed by atoms with Crippen molar-refractivity contribution in [2.24, 2.45) is 5.41 Å². The van der Waals surface area contributed by atoms with E-state index in [9.17, 15) is 9.59 Å². The number of benzene rings is 2. The van der Waals surface area contributed by atoms with Crippen molar-refractivity contribution < 1.29 is 14.3 Å². The largest absolute Gasteiger partial charge is 0.493 e. The molecule has 4 rings (SSSR count). The van der Waals surface area contributed by atoms with E-state index in [1.165, 1.54) is 0 Å². The Morgan fingerprint density at radius 2 is 1.63 bits per heavy atom. The molecule has 0 bridgehead atoms. The fourth-order valence-corrected chi connectivity index (χ4v) is 5.19. The van der Waals surface area contributed by atoms with Gasteiger partial charge in [-0.1, -0.05) is 34.8 Å². The van der Waals surface area contributed by atoms with Gasteiger partial charge in [-0.25, -0.2) is 0 Å². The third kappa shape index (κ3) is 6.62. The van der Waals surface area contributed by atoms with Crippen LogP contribution >= 0.6 is 34.8 Å². The Labute approximate surface area is 221 Å². The molecule has 1 atom stereocenters. The summed E-state index contributed by atoms with van der Waals surface area (Å²) in [4.78, 5) is 32.7. The normalized spacial score (nSPS) is 21.1. The molecule has 0 radical (unpaired) electrons. The van der Waals surface area contributed by atoms with Gasteiger partial charge in [-0.15, -0.1) is 0 Å². The van der Waals surface area contributed by atoms with E-state index in [4.69, 9.17) is 39.5 Å². The van der Waals surface area contributed by atoms with Crippen molar-refractivity contribution in [3.05, 3.63) is 63.1 Å². The van der Waals surface area contributed by atoms with Gasteiger partial charge in [-0.3, -0.25) is 9.59 Å². The molecule has 2 aliphatic rings. The maximum Gasteiger partial charge on any atom is 0.253 e. The van der Waals surface area contributed by atoms with E-state index in [-0.39, 0.29) is 11.8 Å². The number of hydrogen-bond acceptors (Lipinski definition) is 4. The lowest BCUT2D eigenvalue weighted by Crippen LogP contribution is -2.53. The van der Waals surface area contributed by atoms with Gasteiger partial charge in [0.2, 0.25) is 5.91 Å². The molecular weight excluding hydrogens is 509 g/mol. The molecule has 2 fully saturated rings. The average molecular weight is 539 g/mol. The van der Waals surface area contributed by atoms with Gasteiger partial charge in [0.15, 0.2) is 0 Å². The Morgan fingerprint density at radius 1 is 0.914 bits per heavy atom. The summed E-state index contributed by atoms with van der Waals surface area (Å²) >= 11 is 18.2. The molecule has 35 heavy (non-hydrogen) atoms. The molecule has 2 amide bonds. The lowest BCUT2D eigenvalue weighted by molar-refractivity contribution is -0.137. The van der Waals surface area contributed by atoms with E-state index in [0.717, 1.165) is 39.0 Å². The number of carbonyl (C=O) groups excluding carboxylic acids is 2. The van der Waals surface area contributed by atoms with Gasteiger partial charge in [0.1, 0.15) is 5.75 Å². The van der Waals surface area contributed by atoms with Crippen molar-refractivity contribution >= 4 is 46.6 Å². The number of likely N-dealkylation sites (N-methyl/N-ethyl adjacent to an activating group) is 1. The standard InChI is InChI=1S/C26H30Cl3N3O3/c1-30-11-13-31(14-12-30)24(33)16-26(18-35-21-6-4-20(27)5-7-21)9-2-10-32(17-26)25(34)19-3-8-22(28)23(29)15-19/h3-8,15H,2,9-14,16-18H2,1H3. The molecule has 6 nitrogen and oxygen atoms in total. The Morgan fingerprint density at radius 3 is 2.31 bits per heavy atom. The van der Waals surface area contributed by atoms with E-state index in [2.05, 4.69) is 11.9 Å². The smallest absolute Gasteiger partial charge is 0.253 e. The van der Waals surface area contributed by atoms with E-state index >= 15 is 0 Å². The number of piperazine rings is 1. The first kappa shape index (κ1) is 26.1. The van der Waals surface area contributed by atoms with E-state index in [1.54, 1.807) is 30.3 Å². The summed E-state index contributed by atoms with van der Waals surface area (Å²) in [7, 11) is 2.07. The molecule has 2 heterocycles. The second-order valence-corrected chi connectivity index (χ2v) is 10.8. The zero-order valence-electron chi connectivity index (χ0n) is 19.8. The molecule has 1 unspecified atom stereocenters. The number of ether oxygens (including phenoxy) is 1. The number of nitrogens with zero attached hydrogens (tertiary/aromatic N) is 3. The lowest BCUT2D eigenvalue weighted by atomic mass is 9.77. The minimum absolute atomic E-state index is 0.113. The van der Waals surface area contributed by atoms with Gasteiger partial charge in [0.25, 0.3) is 5.91 Å². The molecular formula is C26H30Cl3N3O3. The zero-order chi connectivity index (χ0) is 25.0. The Hall–Kier alpha value is -1.99. The van der Waals surface area contributed by atoms with Crippen LogP contribution in [0.5, 0.6) is 5.75 Å². The van der Waals surface area contributed by atoms with Gasteiger partial charge in [-0.05, 0) is 62.4 Å². The predicted molar refractivity (Wildman–Crippen MR) is 140 cm³/mol. The number of amides is 2. The topological polar surface area (TPSA) is 53.1 Å². The van der Waals surface area contributed by atoms with Crippen LogP contribution in [0.3, 0.4) is 0 Å². The lowest BCUT2D eigenvalue weighted by Gasteiger charge is -2.43. The highest BCUT2D eigenvalue weighted by Crippen LogP contribution is 2.36. The van der Waals surface area contributed by atoms with Crippen LogP contribution in [0, 0.1) is 5.41 Å². The first-order valence-electron chi connectivity index (χ1n) is 11.8. The summed E-state index contributed by atoms with van der Waals surface area (Å²) < 4.78 is 6.16. The molecule has 2 aliphatic heterocycles. The SMILES string of the molecule is CN1CCN(C(=O)CC2(COc3ccc(Cl)cc3)CCCN(C(=O)c3ccc(Cl)c(Cl)c3)C2)CC1. The Balaban J connectivity index is 1.53. The minimum atomic E-state index is -0.496. The highest BCUT2D eigenvalue weighted by Gasteiger charge is 2.41. The summed E-state index contributed by atoms with van der Waals surface area (Å²) in [5.74, 6) is 0.682. The molecule has 0 N–H and O–H groups in total. The van der Waals surface area contributed by atoms with Gasteiger partial charge < -0.3 is 19.4 Å². The van der Waals surface area contributed by atoms with Crippen molar-refractivity contribution in [3.8, 4) is 5.75 Å². The molecule has 0 saturated carbocycles. The van der Waals surface area contributed by atoms with E-state index in [0.29, 0.717) is 52.5 Å². The van der Waals surface area contributed by atoms with Gasteiger partial charge in [-0.2, -0.15) is 0 Å². The third-order valence-electron chi connectivity index (χ3n) is 6.86. The van der Waals surface area contributed by atoms with E-state index in [1.807, 2.05) is 21.9 Å². The second kappa shape index (κ2) is 11.4. The van der Waals surface area contributed by atoms with Crippen LogP contribution in [0.25, 0.3) is 0 Å². The fraction of sp³-hybridized carbons (Fsp3) is 0.462. The predicted octanol–water partition coefficient (Wildman–Crippen LogP) is 5.11. The molecule has 0 spiro atoms. The van der Waals surface area contributed by atoms with Crippen LogP contribution in [0.2, 0.25) is 15.1 Å². The zero-order valence-corrected chi connectivity index (χ0v) is 22.1. The van der Waals surface area contributed by atoms with Crippen LogP contribution in [-0.2, 0) is 4.79 Å². The molecule has 9 heteroatoms. The Kier molecular flexibility index (Phi) is 8.48. The summed E-state index contributed by atoms with van der Waals surface area (Å²) in [5.41, 5.74) is -0.0105. The van der Waals surface area contributed by atoms with Crippen LogP contribution in [0.15, 0.2) is 42.5 Å². The number of piperidine rings is 1. The van der Waals surface area contributed by atoms with Crippen molar-refractivity contribution in [3.63, 3.8) is 0 Å². The quantitative estimate of drug-likeness (QED) is 0.513. The molecule has 2 aromatic rings. The van der Waals surface area contributed by atoms with Gasteiger partial charge in [0, 0.05) is 61.7 Å². The van der Waals surface area contributed by atoms with Crippen molar-refractivity contribution in [1.82, 2.24) is 14.7 Å². The van der Waals surface area contributed by atoms with Crippen LogP contribution in [0.1, 0.15) is 29.6 Å². The number of carbonyl (C=O) groups is 2. The summed E-state index contributed by atoms with van der Waals surface area (Å²) in [6.45, 7) is 4.54. The van der Waals surface area contributed by atoms with Crippen molar-refractivity contribution in [1.29, 1.82) is 0 Å². The number of hydrogen-bond donors (Lipinski definition) is 0. The number of halogens is 3. The van der Waals surface area contributed by atoms with Crippen molar-refractivity contribution in [2.45, 2.75) is 19.3 Å². The number of rotatable bonds is 6. The molecule has 2 saturated heterocycles. The molecule has 0 aliphatic carbocycles. The highest BCUT2D eigenvalue weighted by atomic mass is 35.5. The van der Waals surface area contributed by atoms with Gasteiger partial charge >= 0.3 is 0 Å².